The molecule has 0 aromatic heterocycles. The molecule has 2 rings (SSSR count). The zero-order valence-electron chi connectivity index (χ0n) is 8.50. The summed E-state index contributed by atoms with van der Waals surface area (Å²) in [5.74, 6) is -1.31. The number of ketones is 2. The zero-order chi connectivity index (χ0) is 11.2. The Morgan fingerprint density at radius 1 is 1.00 bits per heavy atom. The molecule has 1 N–H and O–H groups in total. The van der Waals surface area contributed by atoms with Gasteiger partial charge in [-0.1, -0.05) is 12.1 Å². The van der Waals surface area contributed by atoms with E-state index in [0.29, 0.717) is 16.7 Å². The molecule has 1 aromatic rings. The summed E-state index contributed by atoms with van der Waals surface area (Å²) >= 11 is 0. The van der Waals surface area contributed by atoms with Crippen molar-refractivity contribution < 1.29 is 14.7 Å². The number of rotatable bonds is 0. The van der Waals surface area contributed by atoms with Gasteiger partial charge in [-0.3, -0.25) is 9.59 Å². The van der Waals surface area contributed by atoms with Gasteiger partial charge >= 0.3 is 0 Å². The summed E-state index contributed by atoms with van der Waals surface area (Å²) < 4.78 is 0. The monoisotopic (exact) mass is 202 g/mol. The fraction of sp³-hybridized carbons (Fsp3) is 0.167. The highest BCUT2D eigenvalue weighted by molar-refractivity contribution is 6.50. The van der Waals surface area contributed by atoms with Crippen molar-refractivity contribution in [2.75, 3.05) is 0 Å². The molecule has 0 unspecified atom stereocenters. The number of allylic oxidation sites excluding steroid dienone is 1. The van der Waals surface area contributed by atoms with Gasteiger partial charge in [0.1, 0.15) is 5.76 Å². The first-order valence-electron chi connectivity index (χ1n) is 4.62. The van der Waals surface area contributed by atoms with Crippen LogP contribution in [-0.4, -0.2) is 16.7 Å². The first-order valence-corrected chi connectivity index (χ1v) is 4.62. The number of Topliss-reactive ketones (excluding diaryl/α,β-unsaturated/α-hetero) is 1. The second-order valence-corrected chi connectivity index (χ2v) is 3.67. The summed E-state index contributed by atoms with van der Waals surface area (Å²) in [7, 11) is 0. The number of aryl methyl sites for hydroxylation is 2. The number of aliphatic hydroxyl groups is 1. The van der Waals surface area contributed by atoms with Crippen LogP contribution in [0.5, 0.6) is 0 Å². The van der Waals surface area contributed by atoms with Crippen molar-refractivity contribution in [3.8, 4) is 0 Å². The van der Waals surface area contributed by atoms with E-state index in [1.807, 2.05) is 6.07 Å². The van der Waals surface area contributed by atoms with Crippen LogP contribution in [-0.2, 0) is 4.79 Å². The van der Waals surface area contributed by atoms with Gasteiger partial charge in [-0.25, -0.2) is 0 Å². The molecule has 0 atom stereocenters. The van der Waals surface area contributed by atoms with Gasteiger partial charge in [-0.05, 0) is 25.0 Å². The zero-order valence-corrected chi connectivity index (χ0v) is 8.50. The predicted molar refractivity (Wildman–Crippen MR) is 55.9 cm³/mol. The molecule has 0 saturated carbocycles. The summed E-state index contributed by atoms with van der Waals surface area (Å²) in [6.45, 7) is 3.55. The summed E-state index contributed by atoms with van der Waals surface area (Å²) in [5.41, 5.74) is 2.33. The van der Waals surface area contributed by atoms with E-state index in [9.17, 15) is 14.7 Å². The van der Waals surface area contributed by atoms with Crippen LogP contribution in [0.25, 0.3) is 5.76 Å². The Morgan fingerprint density at radius 3 is 2.13 bits per heavy atom. The molecule has 0 saturated heterocycles. The lowest BCUT2D eigenvalue weighted by atomic mass is 9.87. The molecular formula is C12H10O3. The third-order valence-electron chi connectivity index (χ3n) is 2.60. The highest BCUT2D eigenvalue weighted by Gasteiger charge is 2.28. The highest BCUT2D eigenvalue weighted by Crippen LogP contribution is 2.28. The molecule has 0 amide bonds. The lowest BCUT2D eigenvalue weighted by Gasteiger charge is -2.16. The van der Waals surface area contributed by atoms with Crippen molar-refractivity contribution in [3.05, 3.63) is 40.5 Å². The minimum Gasteiger partial charge on any atom is -0.507 e. The van der Waals surface area contributed by atoms with E-state index in [0.717, 1.165) is 11.6 Å². The van der Waals surface area contributed by atoms with E-state index < -0.39 is 11.6 Å². The maximum atomic E-state index is 11.6. The molecule has 1 aliphatic rings. The molecule has 76 valence electrons. The van der Waals surface area contributed by atoms with Gasteiger partial charge in [-0.2, -0.15) is 0 Å². The van der Waals surface area contributed by atoms with E-state index in [4.69, 9.17) is 0 Å². The van der Waals surface area contributed by atoms with E-state index in [-0.39, 0.29) is 5.76 Å². The van der Waals surface area contributed by atoms with E-state index in [2.05, 4.69) is 0 Å². The third-order valence-corrected chi connectivity index (χ3v) is 2.60. The number of carbonyl (C=O) groups excluding carboxylic acids is 2. The Balaban J connectivity index is 2.85. The molecule has 1 aromatic carbocycles. The molecule has 0 spiro atoms. The first kappa shape index (κ1) is 9.65. The van der Waals surface area contributed by atoms with Crippen molar-refractivity contribution in [1.82, 2.24) is 0 Å². The van der Waals surface area contributed by atoms with Gasteiger partial charge in [0.2, 0.25) is 11.6 Å². The first-order chi connectivity index (χ1) is 7.02. The topological polar surface area (TPSA) is 54.4 Å². The average molecular weight is 202 g/mol. The summed E-state index contributed by atoms with van der Waals surface area (Å²) in [4.78, 5) is 22.9. The molecule has 15 heavy (non-hydrogen) atoms. The van der Waals surface area contributed by atoms with Crippen LogP contribution >= 0.6 is 0 Å². The van der Waals surface area contributed by atoms with Crippen molar-refractivity contribution in [1.29, 1.82) is 0 Å². The van der Waals surface area contributed by atoms with E-state index in [1.54, 1.807) is 19.9 Å². The van der Waals surface area contributed by atoms with Crippen LogP contribution in [0.4, 0.5) is 0 Å². The van der Waals surface area contributed by atoms with Crippen LogP contribution in [0.3, 0.4) is 0 Å². The van der Waals surface area contributed by atoms with Crippen LogP contribution in [0.1, 0.15) is 27.0 Å². The van der Waals surface area contributed by atoms with Crippen molar-refractivity contribution in [3.63, 3.8) is 0 Å². The van der Waals surface area contributed by atoms with Gasteiger partial charge in [-0.15, -0.1) is 0 Å². The average Bonchev–Trinajstić information content (AvgIpc) is 2.18. The number of fused-ring (bicyclic) bond motifs is 1. The molecule has 0 fully saturated rings. The number of hydrogen-bond donors (Lipinski definition) is 1. The number of hydrogen-bond acceptors (Lipinski definition) is 3. The molecule has 1 aliphatic carbocycles. The fourth-order valence-electron chi connectivity index (χ4n) is 1.82. The largest absolute Gasteiger partial charge is 0.507 e. The van der Waals surface area contributed by atoms with Crippen LogP contribution in [0.15, 0.2) is 18.2 Å². The quantitative estimate of drug-likeness (QED) is 0.654. The molecular weight excluding hydrogens is 192 g/mol. The van der Waals surface area contributed by atoms with Gasteiger partial charge in [0.15, 0.2) is 0 Å². The number of aliphatic hydroxyl groups excluding tert-OH is 1. The van der Waals surface area contributed by atoms with Crippen LogP contribution in [0, 0.1) is 13.8 Å². The SMILES string of the molecule is Cc1ccc(C)c2c1C(=O)C(=O)C=C2O. The predicted octanol–water partition coefficient (Wildman–Crippen LogP) is 1.97. The smallest absolute Gasteiger partial charge is 0.234 e. The normalized spacial score (nSPS) is 14.9. The molecule has 0 heterocycles. The summed E-state index contributed by atoms with van der Waals surface area (Å²) in [6.07, 6.45) is 0.983. The lowest BCUT2D eigenvalue weighted by Crippen LogP contribution is -2.20. The minimum atomic E-state index is -0.659. The van der Waals surface area contributed by atoms with Gasteiger partial charge < -0.3 is 5.11 Å². The Morgan fingerprint density at radius 2 is 1.53 bits per heavy atom. The van der Waals surface area contributed by atoms with E-state index in [1.165, 1.54) is 0 Å². The fourth-order valence-corrected chi connectivity index (χ4v) is 1.82. The highest BCUT2D eigenvalue weighted by atomic mass is 16.3. The number of carbonyl (C=O) groups is 2. The Labute approximate surface area is 87.0 Å². The van der Waals surface area contributed by atoms with Crippen molar-refractivity contribution in [2.24, 2.45) is 0 Å². The Hall–Kier alpha value is -1.90. The second kappa shape index (κ2) is 3.05. The standard InChI is InChI=1S/C12H10O3/c1-6-3-4-7(2)11-10(6)8(13)5-9(14)12(11)15/h3-5,13H,1-2H3. The molecule has 3 heteroatoms. The van der Waals surface area contributed by atoms with Gasteiger partial charge in [0.05, 0.1) is 0 Å². The lowest BCUT2D eigenvalue weighted by molar-refractivity contribution is -0.111. The van der Waals surface area contributed by atoms with Gasteiger partial charge in [0, 0.05) is 17.2 Å². The second-order valence-electron chi connectivity index (χ2n) is 3.67. The van der Waals surface area contributed by atoms with Gasteiger partial charge in [0.25, 0.3) is 0 Å². The third kappa shape index (κ3) is 1.28. The maximum absolute atomic E-state index is 11.6. The number of benzene rings is 1. The minimum absolute atomic E-state index is 0.115. The van der Waals surface area contributed by atoms with Crippen LogP contribution in [0.2, 0.25) is 0 Å². The Kier molecular flexibility index (Phi) is 1.96. The maximum Gasteiger partial charge on any atom is 0.234 e. The summed E-state index contributed by atoms with van der Waals surface area (Å²) in [6, 6.07) is 3.60. The molecule has 0 radical (unpaired) electrons. The van der Waals surface area contributed by atoms with Crippen LogP contribution < -0.4 is 0 Å². The van der Waals surface area contributed by atoms with Crippen molar-refractivity contribution in [2.45, 2.75) is 13.8 Å². The Bertz CT molecular complexity index is 510. The van der Waals surface area contributed by atoms with E-state index >= 15 is 0 Å². The molecule has 3 nitrogen and oxygen atoms in total. The molecule has 0 bridgehead atoms. The summed E-state index contributed by atoms with van der Waals surface area (Å²) in [5, 5.41) is 9.64. The molecule has 0 aliphatic heterocycles. The van der Waals surface area contributed by atoms with Crippen molar-refractivity contribution >= 4 is 17.3 Å².